The monoisotopic (exact) mass is 434 g/mol. The summed E-state index contributed by atoms with van der Waals surface area (Å²) < 4.78 is 21.1. The fourth-order valence-corrected chi connectivity index (χ4v) is 4.32. The SMILES string of the molecule is CNC(=O)c1ccc(NC(=O)c2sc3cccc(F)c3c2COc2ccccc2)cc1. The van der Waals surface area contributed by atoms with Gasteiger partial charge in [-0.2, -0.15) is 0 Å². The molecule has 31 heavy (non-hydrogen) atoms. The predicted octanol–water partition coefficient (Wildman–Crippen LogP) is 5.23. The molecule has 0 atom stereocenters. The quantitative estimate of drug-likeness (QED) is 0.437. The van der Waals surface area contributed by atoms with Crippen LogP contribution in [0, 0.1) is 5.82 Å². The number of hydrogen-bond donors (Lipinski definition) is 2. The molecule has 7 heteroatoms. The Morgan fingerprint density at radius 2 is 1.68 bits per heavy atom. The summed E-state index contributed by atoms with van der Waals surface area (Å²) in [4.78, 5) is 25.1. The van der Waals surface area contributed by atoms with Gasteiger partial charge >= 0.3 is 0 Å². The Kier molecular flexibility index (Phi) is 5.95. The van der Waals surface area contributed by atoms with Crippen LogP contribution in [0.25, 0.3) is 10.1 Å². The lowest BCUT2D eigenvalue weighted by Crippen LogP contribution is -2.18. The van der Waals surface area contributed by atoms with Crippen molar-refractivity contribution < 1.29 is 18.7 Å². The van der Waals surface area contributed by atoms with Crippen molar-refractivity contribution in [1.29, 1.82) is 0 Å². The van der Waals surface area contributed by atoms with Gasteiger partial charge in [-0.25, -0.2) is 4.39 Å². The highest BCUT2D eigenvalue weighted by Gasteiger charge is 2.21. The lowest BCUT2D eigenvalue weighted by atomic mass is 10.1. The minimum Gasteiger partial charge on any atom is -0.489 e. The van der Waals surface area contributed by atoms with Crippen molar-refractivity contribution in [2.45, 2.75) is 6.61 Å². The van der Waals surface area contributed by atoms with Crippen molar-refractivity contribution in [3.63, 3.8) is 0 Å². The summed E-state index contributed by atoms with van der Waals surface area (Å²) in [5, 5.41) is 5.76. The molecule has 0 radical (unpaired) electrons. The van der Waals surface area contributed by atoms with E-state index in [4.69, 9.17) is 4.74 Å². The fraction of sp³-hybridized carbons (Fsp3) is 0.0833. The molecule has 4 aromatic rings. The standard InChI is InChI=1S/C24H19FN2O3S/c1-26-23(28)15-10-12-16(13-11-15)27-24(29)22-18(14-30-17-6-3-2-4-7-17)21-19(25)8-5-9-20(21)31-22/h2-13H,14H2,1H3,(H,26,28)(H,27,29). The molecular weight excluding hydrogens is 415 g/mol. The van der Waals surface area contributed by atoms with Crippen molar-refractivity contribution in [1.82, 2.24) is 5.32 Å². The van der Waals surface area contributed by atoms with Gasteiger partial charge in [-0.1, -0.05) is 24.3 Å². The van der Waals surface area contributed by atoms with Crippen LogP contribution in [0.3, 0.4) is 0 Å². The van der Waals surface area contributed by atoms with Crippen molar-refractivity contribution in [2.24, 2.45) is 0 Å². The molecule has 3 aromatic carbocycles. The Hall–Kier alpha value is -3.71. The van der Waals surface area contributed by atoms with Gasteiger partial charge in [0, 0.05) is 33.9 Å². The summed E-state index contributed by atoms with van der Waals surface area (Å²) in [6.07, 6.45) is 0. The Labute approximate surface area is 182 Å². The molecule has 1 aromatic heterocycles. The van der Waals surface area contributed by atoms with E-state index in [0.29, 0.717) is 37.5 Å². The lowest BCUT2D eigenvalue weighted by molar-refractivity contribution is 0.0962. The average Bonchev–Trinajstić information content (AvgIpc) is 3.18. The second kappa shape index (κ2) is 8.97. The first kappa shape index (κ1) is 20.6. The first-order chi connectivity index (χ1) is 15.1. The van der Waals surface area contributed by atoms with Gasteiger partial charge < -0.3 is 15.4 Å². The Balaban J connectivity index is 1.63. The number of rotatable bonds is 6. The predicted molar refractivity (Wildman–Crippen MR) is 120 cm³/mol. The van der Waals surface area contributed by atoms with E-state index in [2.05, 4.69) is 10.6 Å². The molecule has 156 valence electrons. The maximum atomic E-state index is 14.6. The highest BCUT2D eigenvalue weighted by atomic mass is 32.1. The van der Waals surface area contributed by atoms with E-state index in [1.165, 1.54) is 17.4 Å². The van der Waals surface area contributed by atoms with E-state index >= 15 is 0 Å². The van der Waals surface area contributed by atoms with Gasteiger partial charge in [0.1, 0.15) is 23.1 Å². The minimum atomic E-state index is -0.394. The summed E-state index contributed by atoms with van der Waals surface area (Å²) in [5.41, 5.74) is 1.52. The third-order valence-corrected chi connectivity index (χ3v) is 5.92. The van der Waals surface area contributed by atoms with Crippen LogP contribution >= 0.6 is 11.3 Å². The third kappa shape index (κ3) is 4.41. The number of carbonyl (C=O) groups is 2. The number of carbonyl (C=O) groups excluding carboxylic acids is 2. The van der Waals surface area contributed by atoms with E-state index < -0.39 is 5.82 Å². The molecule has 0 saturated carbocycles. The molecule has 2 amide bonds. The average molecular weight is 434 g/mol. The molecule has 0 spiro atoms. The van der Waals surface area contributed by atoms with Gasteiger partial charge in [0.05, 0.1) is 0 Å². The largest absolute Gasteiger partial charge is 0.489 e. The van der Waals surface area contributed by atoms with Crippen LogP contribution in [0.2, 0.25) is 0 Å². The molecule has 0 aliphatic heterocycles. The summed E-state index contributed by atoms with van der Waals surface area (Å²) in [7, 11) is 1.55. The zero-order chi connectivity index (χ0) is 21.8. The van der Waals surface area contributed by atoms with Gasteiger partial charge in [0.15, 0.2) is 0 Å². The first-order valence-corrected chi connectivity index (χ1v) is 10.4. The maximum absolute atomic E-state index is 14.6. The highest BCUT2D eigenvalue weighted by molar-refractivity contribution is 7.21. The summed E-state index contributed by atoms with van der Waals surface area (Å²) in [5.74, 6) is -0.332. The van der Waals surface area contributed by atoms with E-state index in [9.17, 15) is 14.0 Å². The molecule has 0 unspecified atom stereocenters. The number of nitrogens with one attached hydrogen (secondary N) is 2. The molecule has 0 aliphatic rings. The molecule has 0 aliphatic carbocycles. The van der Waals surface area contributed by atoms with Crippen LogP contribution in [-0.4, -0.2) is 18.9 Å². The van der Waals surface area contributed by atoms with Gasteiger partial charge in [0.25, 0.3) is 11.8 Å². The number of fused-ring (bicyclic) bond motifs is 1. The molecule has 0 bridgehead atoms. The van der Waals surface area contributed by atoms with E-state index in [0.717, 1.165) is 0 Å². The van der Waals surface area contributed by atoms with Crippen molar-refractivity contribution >= 4 is 38.9 Å². The molecule has 0 fully saturated rings. The smallest absolute Gasteiger partial charge is 0.266 e. The van der Waals surface area contributed by atoms with E-state index in [-0.39, 0.29) is 18.4 Å². The molecule has 4 rings (SSSR count). The van der Waals surface area contributed by atoms with Gasteiger partial charge in [-0.15, -0.1) is 11.3 Å². The molecule has 2 N–H and O–H groups in total. The number of halogens is 1. The van der Waals surface area contributed by atoms with Gasteiger partial charge in [0.2, 0.25) is 0 Å². The van der Waals surface area contributed by atoms with E-state index in [1.807, 2.05) is 18.2 Å². The van der Waals surface area contributed by atoms with Crippen LogP contribution in [0.5, 0.6) is 5.75 Å². The van der Waals surface area contributed by atoms with Crippen molar-refractivity contribution in [2.75, 3.05) is 12.4 Å². The second-order valence-corrected chi connectivity index (χ2v) is 7.79. The molecule has 1 heterocycles. The number of thiophene rings is 1. The van der Waals surface area contributed by atoms with Crippen LogP contribution in [0.1, 0.15) is 25.6 Å². The number of ether oxygens (including phenoxy) is 1. The van der Waals surface area contributed by atoms with Crippen LogP contribution in [0.4, 0.5) is 10.1 Å². The number of hydrogen-bond acceptors (Lipinski definition) is 4. The number of anilines is 1. The maximum Gasteiger partial charge on any atom is 0.266 e. The number of para-hydroxylation sites is 1. The lowest BCUT2D eigenvalue weighted by Gasteiger charge is -2.09. The zero-order valence-electron chi connectivity index (χ0n) is 16.6. The number of benzene rings is 3. The normalized spacial score (nSPS) is 10.6. The van der Waals surface area contributed by atoms with Crippen LogP contribution in [-0.2, 0) is 6.61 Å². The van der Waals surface area contributed by atoms with Crippen LogP contribution < -0.4 is 15.4 Å². The minimum absolute atomic E-state index is 0.0588. The van der Waals surface area contributed by atoms with Gasteiger partial charge in [-0.3, -0.25) is 9.59 Å². The molecule has 0 saturated heterocycles. The Morgan fingerprint density at radius 1 is 0.935 bits per heavy atom. The Morgan fingerprint density at radius 3 is 2.39 bits per heavy atom. The summed E-state index contributed by atoms with van der Waals surface area (Å²) in [6, 6.07) is 20.5. The topological polar surface area (TPSA) is 67.4 Å². The summed E-state index contributed by atoms with van der Waals surface area (Å²) >= 11 is 1.22. The van der Waals surface area contributed by atoms with Crippen LogP contribution in [0.15, 0.2) is 72.8 Å². The summed E-state index contributed by atoms with van der Waals surface area (Å²) in [6.45, 7) is 0.0588. The Bertz CT molecular complexity index is 1240. The second-order valence-electron chi connectivity index (χ2n) is 6.74. The van der Waals surface area contributed by atoms with Crippen molar-refractivity contribution in [3.05, 3.63) is 94.6 Å². The first-order valence-electron chi connectivity index (χ1n) is 9.58. The third-order valence-electron chi connectivity index (χ3n) is 4.73. The zero-order valence-corrected chi connectivity index (χ0v) is 17.5. The fourth-order valence-electron chi connectivity index (χ4n) is 3.20. The molecular formula is C24H19FN2O3S. The highest BCUT2D eigenvalue weighted by Crippen LogP contribution is 2.34. The van der Waals surface area contributed by atoms with Gasteiger partial charge in [-0.05, 0) is 48.5 Å². The van der Waals surface area contributed by atoms with Crippen molar-refractivity contribution in [3.8, 4) is 5.75 Å². The number of amides is 2. The van der Waals surface area contributed by atoms with E-state index in [1.54, 1.807) is 55.6 Å². The molecule has 5 nitrogen and oxygen atoms in total.